The molecule has 3 aromatic rings. The minimum Gasteiger partial charge on any atom is -0.496 e. The van der Waals surface area contributed by atoms with Gasteiger partial charge in [-0.3, -0.25) is 9.48 Å². The van der Waals surface area contributed by atoms with Crippen LogP contribution in [-0.4, -0.2) is 38.3 Å². The molecule has 9 heteroatoms. The van der Waals surface area contributed by atoms with E-state index in [0.29, 0.717) is 46.7 Å². The van der Waals surface area contributed by atoms with Crippen molar-refractivity contribution in [2.24, 2.45) is 7.05 Å². The highest BCUT2D eigenvalue weighted by atomic mass is 32.2. The lowest BCUT2D eigenvalue weighted by Crippen LogP contribution is -2.39. The summed E-state index contributed by atoms with van der Waals surface area (Å²) < 4.78 is 41.7. The first-order valence-corrected chi connectivity index (χ1v) is 12.5. The van der Waals surface area contributed by atoms with Crippen LogP contribution in [0.15, 0.2) is 41.4 Å². The SMILES string of the molecule is COc1cc(C2CCC2)cc(OC)c1C1(C(=O)NS(=O)(=O)c2cccc3cnn(C)c23)CC1. The second kappa shape index (κ2) is 7.76. The molecule has 0 saturated heterocycles. The zero-order valence-electron chi connectivity index (χ0n) is 18.9. The number of aromatic nitrogens is 2. The molecule has 0 atom stereocenters. The Balaban J connectivity index is 1.52. The van der Waals surface area contributed by atoms with Crippen molar-refractivity contribution in [3.63, 3.8) is 0 Å². The van der Waals surface area contributed by atoms with Crippen LogP contribution >= 0.6 is 0 Å². The second-order valence-corrected chi connectivity index (χ2v) is 10.6. The maximum absolute atomic E-state index is 13.5. The molecule has 2 saturated carbocycles. The smallest absolute Gasteiger partial charge is 0.266 e. The van der Waals surface area contributed by atoms with Gasteiger partial charge in [0.05, 0.1) is 36.9 Å². The van der Waals surface area contributed by atoms with E-state index in [2.05, 4.69) is 9.82 Å². The molecule has 174 valence electrons. The predicted molar refractivity (Wildman–Crippen MR) is 123 cm³/mol. The number of para-hydroxylation sites is 1. The first-order valence-electron chi connectivity index (χ1n) is 11.0. The highest BCUT2D eigenvalue weighted by molar-refractivity contribution is 7.90. The summed E-state index contributed by atoms with van der Waals surface area (Å²) in [5.41, 5.74) is 1.18. The molecule has 8 nitrogen and oxygen atoms in total. The van der Waals surface area contributed by atoms with E-state index in [-0.39, 0.29) is 4.90 Å². The Hall–Kier alpha value is -3.07. The van der Waals surface area contributed by atoms with Gasteiger partial charge in [0, 0.05) is 12.4 Å². The minimum absolute atomic E-state index is 0.0170. The average Bonchev–Trinajstić information content (AvgIpc) is 3.48. The van der Waals surface area contributed by atoms with Crippen molar-refractivity contribution in [2.45, 2.75) is 48.3 Å². The van der Waals surface area contributed by atoms with Crippen molar-refractivity contribution in [1.29, 1.82) is 0 Å². The molecular weight excluding hydrogens is 442 g/mol. The van der Waals surface area contributed by atoms with Crippen molar-refractivity contribution in [3.8, 4) is 11.5 Å². The highest BCUT2D eigenvalue weighted by Crippen LogP contribution is 2.56. The standard InChI is InChI=1S/C24H27N3O5S/c1-27-22-16(14-25-27)8-5-9-20(22)33(29,30)26-23(28)24(10-11-24)21-18(31-2)12-17(13-19(21)32-3)15-6-4-7-15/h5,8-9,12-15H,4,6-7,10-11H2,1-3H3,(H,26,28). The number of rotatable bonds is 7. The first-order chi connectivity index (χ1) is 15.8. The largest absolute Gasteiger partial charge is 0.496 e. The molecule has 1 heterocycles. The van der Waals surface area contributed by atoms with Crippen LogP contribution in [0.3, 0.4) is 0 Å². The number of carbonyl (C=O) groups is 1. The van der Waals surface area contributed by atoms with Crippen LogP contribution in [0.1, 0.15) is 49.1 Å². The van der Waals surface area contributed by atoms with Crippen molar-refractivity contribution in [1.82, 2.24) is 14.5 Å². The average molecular weight is 470 g/mol. The molecule has 0 spiro atoms. The van der Waals surface area contributed by atoms with Crippen LogP contribution in [0, 0.1) is 0 Å². The topological polar surface area (TPSA) is 99.5 Å². The van der Waals surface area contributed by atoms with Gasteiger partial charge in [0.2, 0.25) is 5.91 Å². The van der Waals surface area contributed by atoms with Crippen LogP contribution in [0.25, 0.3) is 10.9 Å². The summed E-state index contributed by atoms with van der Waals surface area (Å²) in [6, 6.07) is 8.85. The number of benzene rings is 2. The second-order valence-electron chi connectivity index (χ2n) is 8.91. The Kier molecular flexibility index (Phi) is 5.12. The predicted octanol–water partition coefficient (Wildman–Crippen LogP) is 3.39. The van der Waals surface area contributed by atoms with E-state index in [0.717, 1.165) is 18.4 Å². The third kappa shape index (κ3) is 3.45. The minimum atomic E-state index is -4.13. The molecule has 0 bridgehead atoms. The quantitative estimate of drug-likeness (QED) is 0.569. The number of aryl methyl sites for hydroxylation is 1. The number of carbonyl (C=O) groups excluding carboxylic acids is 1. The van der Waals surface area contributed by atoms with Crippen molar-refractivity contribution in [3.05, 3.63) is 47.7 Å². The van der Waals surface area contributed by atoms with E-state index in [1.54, 1.807) is 39.6 Å². The number of amides is 1. The van der Waals surface area contributed by atoms with Crippen LogP contribution in [-0.2, 0) is 27.3 Å². The van der Waals surface area contributed by atoms with E-state index < -0.39 is 21.3 Å². The molecule has 0 radical (unpaired) electrons. The molecule has 1 N–H and O–H groups in total. The number of methoxy groups -OCH3 is 2. The van der Waals surface area contributed by atoms with E-state index in [1.807, 2.05) is 12.1 Å². The number of fused-ring (bicyclic) bond motifs is 1. The van der Waals surface area contributed by atoms with Crippen molar-refractivity contribution < 1.29 is 22.7 Å². The fourth-order valence-electron chi connectivity index (χ4n) is 4.78. The third-order valence-electron chi connectivity index (χ3n) is 7.01. The van der Waals surface area contributed by atoms with Gasteiger partial charge < -0.3 is 9.47 Å². The zero-order chi connectivity index (χ0) is 23.4. The van der Waals surface area contributed by atoms with E-state index in [1.165, 1.54) is 17.2 Å². The maximum atomic E-state index is 13.5. The first kappa shape index (κ1) is 21.8. The number of nitrogens with zero attached hydrogens (tertiary/aromatic N) is 2. The third-order valence-corrected chi connectivity index (χ3v) is 8.37. The van der Waals surface area contributed by atoms with Gasteiger partial charge >= 0.3 is 0 Å². The number of hydrogen-bond acceptors (Lipinski definition) is 6. The molecule has 2 aliphatic rings. The molecule has 5 rings (SSSR count). The number of hydrogen-bond donors (Lipinski definition) is 1. The molecular formula is C24H27N3O5S. The van der Waals surface area contributed by atoms with Gasteiger partial charge in [0.25, 0.3) is 10.0 Å². The van der Waals surface area contributed by atoms with Crippen LogP contribution in [0.4, 0.5) is 0 Å². The number of ether oxygens (including phenoxy) is 2. The molecule has 33 heavy (non-hydrogen) atoms. The number of nitrogens with one attached hydrogen (secondary N) is 1. The molecule has 1 aromatic heterocycles. The fourth-order valence-corrected chi connectivity index (χ4v) is 6.10. The summed E-state index contributed by atoms with van der Waals surface area (Å²) in [7, 11) is 0.677. The summed E-state index contributed by atoms with van der Waals surface area (Å²) in [5, 5.41) is 4.83. The molecule has 2 fully saturated rings. The molecule has 2 aromatic carbocycles. The van der Waals surface area contributed by atoms with Crippen LogP contribution in [0.2, 0.25) is 0 Å². The van der Waals surface area contributed by atoms with Crippen LogP contribution < -0.4 is 14.2 Å². The normalized spacial score (nSPS) is 17.4. The summed E-state index contributed by atoms with van der Waals surface area (Å²) in [4.78, 5) is 13.5. The van der Waals surface area contributed by atoms with Gasteiger partial charge in [-0.2, -0.15) is 5.10 Å². The van der Waals surface area contributed by atoms with E-state index >= 15 is 0 Å². The lowest BCUT2D eigenvalue weighted by atomic mass is 9.79. The summed E-state index contributed by atoms with van der Waals surface area (Å²) in [6.07, 6.45) is 6.06. The summed E-state index contributed by atoms with van der Waals surface area (Å²) >= 11 is 0. The van der Waals surface area contributed by atoms with Gasteiger partial charge in [-0.25, -0.2) is 13.1 Å². The Morgan fingerprint density at radius 1 is 1.15 bits per heavy atom. The van der Waals surface area contributed by atoms with Crippen molar-refractivity contribution in [2.75, 3.05) is 14.2 Å². The molecule has 0 unspecified atom stereocenters. The Morgan fingerprint density at radius 3 is 2.36 bits per heavy atom. The van der Waals surface area contributed by atoms with Crippen LogP contribution in [0.5, 0.6) is 11.5 Å². The Labute approximate surface area is 192 Å². The van der Waals surface area contributed by atoms with Gasteiger partial charge in [0.1, 0.15) is 16.4 Å². The molecule has 0 aliphatic heterocycles. The highest BCUT2D eigenvalue weighted by Gasteiger charge is 2.56. The fraction of sp³-hybridized carbons (Fsp3) is 0.417. The summed E-state index contributed by atoms with van der Waals surface area (Å²) in [5.74, 6) is 1.02. The summed E-state index contributed by atoms with van der Waals surface area (Å²) in [6.45, 7) is 0. The van der Waals surface area contributed by atoms with Gasteiger partial charge in [-0.1, -0.05) is 18.6 Å². The Morgan fingerprint density at radius 2 is 1.82 bits per heavy atom. The molecule has 2 aliphatic carbocycles. The van der Waals surface area contributed by atoms with Gasteiger partial charge in [-0.15, -0.1) is 0 Å². The number of sulfonamides is 1. The van der Waals surface area contributed by atoms with Gasteiger partial charge in [-0.05, 0) is 55.4 Å². The van der Waals surface area contributed by atoms with Gasteiger partial charge in [0.15, 0.2) is 0 Å². The monoisotopic (exact) mass is 469 g/mol. The lowest BCUT2D eigenvalue weighted by Gasteiger charge is -2.28. The Bertz CT molecular complexity index is 1330. The maximum Gasteiger partial charge on any atom is 0.266 e. The van der Waals surface area contributed by atoms with Crippen molar-refractivity contribution >= 4 is 26.8 Å². The zero-order valence-corrected chi connectivity index (χ0v) is 19.7. The van der Waals surface area contributed by atoms with E-state index in [9.17, 15) is 13.2 Å². The molecule has 1 amide bonds. The van der Waals surface area contributed by atoms with E-state index in [4.69, 9.17) is 9.47 Å². The lowest BCUT2D eigenvalue weighted by molar-refractivity contribution is -0.121.